The number of hydrogen-bond acceptors (Lipinski definition) is 3. The van der Waals surface area contributed by atoms with Gasteiger partial charge in [-0.15, -0.1) is 0 Å². The maximum Gasteiger partial charge on any atom is 0.227 e. The highest BCUT2D eigenvalue weighted by Crippen LogP contribution is 2.34. The number of amides is 1. The minimum Gasteiger partial charge on any atom is -0.399 e. The van der Waals surface area contributed by atoms with Crippen molar-refractivity contribution in [2.75, 3.05) is 17.2 Å². The van der Waals surface area contributed by atoms with Gasteiger partial charge in [0.15, 0.2) is 0 Å². The van der Waals surface area contributed by atoms with Crippen LogP contribution in [0.3, 0.4) is 0 Å². The highest BCUT2D eigenvalue weighted by molar-refractivity contribution is 5.98. The second kappa shape index (κ2) is 4.04. The fraction of sp³-hybridized carbons (Fsp3) is 0.462. The Morgan fingerprint density at radius 1 is 1.41 bits per heavy atom. The number of benzene rings is 1. The summed E-state index contributed by atoms with van der Waals surface area (Å²) < 4.78 is 0. The van der Waals surface area contributed by atoms with E-state index in [4.69, 9.17) is 5.73 Å². The topological polar surface area (TPSA) is 66.6 Å². The standard InChI is InChI=1S/C13H18N2O2/c1-13(2,8-16)15-11-5-4-10(14)7-9(11)3-6-12(15)17/h4-5,7,16H,3,6,8,14H2,1-2H3. The lowest BCUT2D eigenvalue weighted by Gasteiger charge is -2.40. The fourth-order valence-electron chi connectivity index (χ4n) is 2.25. The molecule has 0 unspecified atom stereocenters. The number of hydrogen-bond donors (Lipinski definition) is 2. The van der Waals surface area contributed by atoms with Gasteiger partial charge in [0.1, 0.15) is 0 Å². The molecule has 0 fully saturated rings. The zero-order valence-corrected chi connectivity index (χ0v) is 10.2. The summed E-state index contributed by atoms with van der Waals surface area (Å²) in [5.74, 6) is 0.0568. The van der Waals surface area contributed by atoms with Crippen LogP contribution in [0, 0.1) is 0 Å². The Kier molecular flexibility index (Phi) is 2.83. The van der Waals surface area contributed by atoms with E-state index < -0.39 is 5.54 Å². The van der Waals surface area contributed by atoms with Crippen LogP contribution in [-0.2, 0) is 11.2 Å². The Labute approximate surface area is 101 Å². The van der Waals surface area contributed by atoms with Crippen molar-refractivity contribution in [3.05, 3.63) is 23.8 Å². The maximum absolute atomic E-state index is 12.0. The molecule has 0 aromatic heterocycles. The summed E-state index contributed by atoms with van der Waals surface area (Å²) in [5.41, 5.74) is 7.82. The molecule has 1 heterocycles. The van der Waals surface area contributed by atoms with E-state index in [0.29, 0.717) is 12.1 Å². The quantitative estimate of drug-likeness (QED) is 0.758. The van der Waals surface area contributed by atoms with Crippen LogP contribution in [0.5, 0.6) is 0 Å². The van der Waals surface area contributed by atoms with Gasteiger partial charge in [-0.2, -0.15) is 0 Å². The Bertz CT molecular complexity index is 455. The SMILES string of the molecule is CC(C)(CO)N1C(=O)CCc2cc(N)ccc21. The summed E-state index contributed by atoms with van der Waals surface area (Å²) in [6.07, 6.45) is 1.19. The second-order valence-corrected chi connectivity index (χ2v) is 5.09. The number of fused-ring (bicyclic) bond motifs is 1. The monoisotopic (exact) mass is 234 g/mol. The van der Waals surface area contributed by atoms with Gasteiger partial charge in [0.2, 0.25) is 5.91 Å². The number of carbonyl (C=O) groups is 1. The fourth-order valence-corrected chi connectivity index (χ4v) is 2.25. The van der Waals surface area contributed by atoms with E-state index in [1.165, 1.54) is 0 Å². The van der Waals surface area contributed by atoms with E-state index in [1.807, 2.05) is 26.0 Å². The van der Waals surface area contributed by atoms with Gasteiger partial charge >= 0.3 is 0 Å². The van der Waals surface area contributed by atoms with E-state index in [2.05, 4.69) is 0 Å². The number of aliphatic hydroxyl groups is 1. The number of anilines is 2. The highest BCUT2D eigenvalue weighted by Gasteiger charge is 2.35. The molecular weight excluding hydrogens is 216 g/mol. The van der Waals surface area contributed by atoms with Gasteiger partial charge in [-0.3, -0.25) is 4.79 Å². The van der Waals surface area contributed by atoms with E-state index in [9.17, 15) is 9.90 Å². The predicted octanol–water partition coefficient (Wildman–Crippen LogP) is 1.32. The van der Waals surface area contributed by atoms with Crippen molar-refractivity contribution in [3.8, 4) is 0 Å². The first-order chi connectivity index (χ1) is 7.95. The number of carbonyl (C=O) groups excluding carboxylic acids is 1. The van der Waals surface area contributed by atoms with Gasteiger partial charge in [0.05, 0.1) is 12.1 Å². The van der Waals surface area contributed by atoms with Gasteiger partial charge in [-0.25, -0.2) is 0 Å². The third-order valence-electron chi connectivity index (χ3n) is 3.19. The molecule has 4 nitrogen and oxygen atoms in total. The van der Waals surface area contributed by atoms with Gasteiger partial charge in [0.25, 0.3) is 0 Å². The minimum absolute atomic E-state index is 0.0568. The smallest absolute Gasteiger partial charge is 0.227 e. The second-order valence-electron chi connectivity index (χ2n) is 5.09. The zero-order chi connectivity index (χ0) is 12.6. The number of nitrogens with two attached hydrogens (primary N) is 1. The average molecular weight is 234 g/mol. The van der Waals surface area contributed by atoms with Gasteiger partial charge < -0.3 is 15.7 Å². The van der Waals surface area contributed by atoms with Crippen molar-refractivity contribution in [2.24, 2.45) is 0 Å². The number of aliphatic hydroxyl groups excluding tert-OH is 1. The molecule has 0 atom stereocenters. The molecule has 17 heavy (non-hydrogen) atoms. The molecular formula is C13H18N2O2. The normalized spacial score (nSPS) is 15.9. The number of nitrogens with zero attached hydrogens (tertiary/aromatic N) is 1. The van der Waals surface area contributed by atoms with Crippen LogP contribution in [0.1, 0.15) is 25.8 Å². The molecule has 1 amide bonds. The first-order valence-corrected chi connectivity index (χ1v) is 5.78. The summed E-state index contributed by atoms with van der Waals surface area (Å²) in [4.78, 5) is 13.7. The molecule has 0 radical (unpaired) electrons. The third-order valence-corrected chi connectivity index (χ3v) is 3.19. The van der Waals surface area contributed by atoms with Gasteiger partial charge in [0, 0.05) is 17.8 Å². The van der Waals surface area contributed by atoms with E-state index >= 15 is 0 Å². The number of aryl methyl sites for hydroxylation is 1. The summed E-state index contributed by atoms with van der Waals surface area (Å²) in [6.45, 7) is 3.65. The van der Waals surface area contributed by atoms with Crippen molar-refractivity contribution < 1.29 is 9.90 Å². The van der Waals surface area contributed by atoms with Crippen molar-refractivity contribution in [3.63, 3.8) is 0 Å². The Hall–Kier alpha value is -1.55. The summed E-state index contributed by atoms with van der Waals surface area (Å²) >= 11 is 0. The average Bonchev–Trinajstić information content (AvgIpc) is 2.29. The van der Waals surface area contributed by atoms with Crippen molar-refractivity contribution in [1.29, 1.82) is 0 Å². The molecule has 0 aliphatic carbocycles. The molecule has 3 N–H and O–H groups in total. The van der Waals surface area contributed by atoms with Crippen LogP contribution in [-0.4, -0.2) is 23.2 Å². The van der Waals surface area contributed by atoms with Crippen molar-refractivity contribution >= 4 is 17.3 Å². The summed E-state index contributed by atoms with van der Waals surface area (Å²) in [5, 5.41) is 9.43. The van der Waals surface area contributed by atoms with Crippen LogP contribution >= 0.6 is 0 Å². The number of rotatable bonds is 2. The highest BCUT2D eigenvalue weighted by atomic mass is 16.3. The van der Waals surface area contributed by atoms with Crippen LogP contribution in [0.2, 0.25) is 0 Å². The van der Waals surface area contributed by atoms with Crippen LogP contribution in [0.4, 0.5) is 11.4 Å². The molecule has 4 heteroatoms. The van der Waals surface area contributed by atoms with E-state index in [1.54, 1.807) is 11.0 Å². The lowest BCUT2D eigenvalue weighted by atomic mass is 9.94. The van der Waals surface area contributed by atoms with Crippen LogP contribution in [0.15, 0.2) is 18.2 Å². The van der Waals surface area contributed by atoms with Gasteiger partial charge in [-0.05, 0) is 44.0 Å². The Morgan fingerprint density at radius 3 is 2.76 bits per heavy atom. The summed E-state index contributed by atoms with van der Waals surface area (Å²) in [7, 11) is 0. The minimum atomic E-state index is -0.581. The number of nitrogen functional groups attached to an aromatic ring is 1. The largest absolute Gasteiger partial charge is 0.399 e. The van der Waals surface area contributed by atoms with Crippen LogP contribution < -0.4 is 10.6 Å². The molecule has 0 saturated carbocycles. The Balaban J connectivity index is 2.51. The molecule has 92 valence electrons. The molecule has 1 aliphatic rings. The van der Waals surface area contributed by atoms with E-state index in [0.717, 1.165) is 17.7 Å². The van der Waals surface area contributed by atoms with Crippen molar-refractivity contribution in [2.45, 2.75) is 32.2 Å². The molecule has 1 aromatic rings. The third kappa shape index (κ3) is 2.00. The van der Waals surface area contributed by atoms with Crippen molar-refractivity contribution in [1.82, 2.24) is 0 Å². The summed E-state index contributed by atoms with van der Waals surface area (Å²) in [6, 6.07) is 5.55. The first kappa shape index (κ1) is 11.9. The first-order valence-electron chi connectivity index (χ1n) is 5.78. The van der Waals surface area contributed by atoms with Gasteiger partial charge in [-0.1, -0.05) is 0 Å². The molecule has 1 aliphatic heterocycles. The lowest BCUT2D eigenvalue weighted by molar-refractivity contribution is -0.120. The molecule has 0 saturated heterocycles. The zero-order valence-electron chi connectivity index (χ0n) is 10.2. The molecule has 2 rings (SSSR count). The van der Waals surface area contributed by atoms with Crippen LogP contribution in [0.25, 0.3) is 0 Å². The Morgan fingerprint density at radius 2 is 2.12 bits per heavy atom. The predicted molar refractivity (Wildman–Crippen MR) is 67.8 cm³/mol. The molecule has 1 aromatic carbocycles. The molecule has 0 bridgehead atoms. The lowest BCUT2D eigenvalue weighted by Crippen LogP contribution is -2.52. The maximum atomic E-state index is 12.0. The molecule has 0 spiro atoms. The van der Waals surface area contributed by atoms with E-state index in [-0.39, 0.29) is 12.5 Å².